The van der Waals surface area contributed by atoms with Gasteiger partial charge in [0, 0.05) is 13.0 Å². The van der Waals surface area contributed by atoms with E-state index < -0.39 is 5.60 Å². The van der Waals surface area contributed by atoms with Crippen LogP contribution in [0, 0.1) is 5.92 Å². The second-order valence-electron chi connectivity index (χ2n) is 18.7. The van der Waals surface area contributed by atoms with Crippen molar-refractivity contribution < 1.29 is 19.7 Å². The molecule has 0 radical (unpaired) electrons. The first-order valence-electron chi connectivity index (χ1n) is 24.8. The largest absolute Gasteiger partial charge is 0.461 e. The van der Waals surface area contributed by atoms with Crippen LogP contribution in [0.4, 0.5) is 0 Å². The van der Waals surface area contributed by atoms with E-state index in [4.69, 9.17) is 9.84 Å². The first-order valence-corrected chi connectivity index (χ1v) is 24.8. The third-order valence-corrected chi connectivity index (χ3v) is 12.6. The molecule has 332 valence electrons. The maximum atomic E-state index is 12.6. The molecule has 4 heteroatoms. The van der Waals surface area contributed by atoms with Crippen molar-refractivity contribution in [3.8, 4) is 0 Å². The van der Waals surface area contributed by atoms with Gasteiger partial charge in [-0.05, 0) is 117 Å². The van der Waals surface area contributed by atoms with Crippen LogP contribution in [0.3, 0.4) is 0 Å². The molecule has 0 amide bonds. The molecule has 1 rings (SSSR count). The highest BCUT2D eigenvalue weighted by atomic mass is 16.5. The third kappa shape index (κ3) is 33.8. The van der Waals surface area contributed by atoms with E-state index >= 15 is 0 Å². The number of ether oxygens (including phenoxy) is 1. The van der Waals surface area contributed by atoms with Gasteiger partial charge in [0.15, 0.2) is 0 Å². The molecule has 57 heavy (non-hydrogen) atoms. The Kier molecular flexibility index (Phi) is 35.0. The maximum absolute atomic E-state index is 12.6. The van der Waals surface area contributed by atoms with Gasteiger partial charge in [0.1, 0.15) is 6.61 Å². The Hall–Kier alpha value is -1.65. The molecular weight excluding hydrogens is 701 g/mol. The van der Waals surface area contributed by atoms with E-state index in [-0.39, 0.29) is 11.9 Å². The van der Waals surface area contributed by atoms with E-state index in [1.54, 1.807) is 0 Å². The van der Waals surface area contributed by atoms with Gasteiger partial charge in [0.2, 0.25) is 0 Å². The minimum Gasteiger partial charge on any atom is -0.461 e. The Morgan fingerprint density at radius 3 is 1.56 bits per heavy atom. The van der Waals surface area contributed by atoms with Gasteiger partial charge < -0.3 is 14.9 Å². The Morgan fingerprint density at radius 2 is 1.09 bits per heavy atom. The van der Waals surface area contributed by atoms with Crippen LogP contribution in [0.2, 0.25) is 0 Å². The van der Waals surface area contributed by atoms with Crippen LogP contribution in [-0.4, -0.2) is 35.0 Å². The van der Waals surface area contributed by atoms with E-state index in [2.05, 4.69) is 52.0 Å². The first kappa shape index (κ1) is 53.4. The van der Waals surface area contributed by atoms with Crippen molar-refractivity contribution >= 4 is 5.97 Å². The fourth-order valence-corrected chi connectivity index (χ4v) is 8.42. The first-order chi connectivity index (χ1) is 27.6. The lowest BCUT2D eigenvalue weighted by Crippen LogP contribution is -2.34. The number of aliphatic hydroxyl groups is 2. The van der Waals surface area contributed by atoms with E-state index in [1.165, 1.54) is 164 Å². The molecule has 4 nitrogen and oxygen atoms in total. The van der Waals surface area contributed by atoms with Crippen LogP contribution < -0.4 is 0 Å². The molecule has 2 atom stereocenters. The smallest absolute Gasteiger partial charge is 0.306 e. The SMILES string of the molecule is CC(C)=CCCC(C)(O)C1CC=C(C)CCC=C(COC(=O)CCCCCCCCCCCCCCCCCCCCCCCCCCCO)CCC=C(C)CC1. The van der Waals surface area contributed by atoms with Crippen molar-refractivity contribution in [2.75, 3.05) is 13.2 Å². The molecule has 0 saturated carbocycles. The number of carbonyl (C=O) groups is 1. The van der Waals surface area contributed by atoms with E-state index in [9.17, 15) is 9.90 Å². The van der Waals surface area contributed by atoms with Crippen molar-refractivity contribution in [1.29, 1.82) is 0 Å². The molecule has 1 aliphatic carbocycles. The van der Waals surface area contributed by atoms with Gasteiger partial charge in [-0.25, -0.2) is 0 Å². The lowest BCUT2D eigenvalue weighted by atomic mass is 9.79. The Balaban J connectivity index is 2.08. The quantitative estimate of drug-likeness (QED) is 0.0394. The second-order valence-corrected chi connectivity index (χ2v) is 18.7. The van der Waals surface area contributed by atoms with Crippen molar-refractivity contribution in [3.63, 3.8) is 0 Å². The summed E-state index contributed by atoms with van der Waals surface area (Å²) in [6, 6.07) is 0. The molecule has 0 aliphatic heterocycles. The van der Waals surface area contributed by atoms with Gasteiger partial charge in [-0.3, -0.25) is 4.79 Å². The van der Waals surface area contributed by atoms with Crippen LogP contribution in [0.1, 0.15) is 259 Å². The van der Waals surface area contributed by atoms with E-state index in [1.807, 2.05) is 6.92 Å². The lowest BCUT2D eigenvalue weighted by Gasteiger charge is -2.33. The fraction of sp³-hybridized carbons (Fsp3) is 0.830. The molecule has 0 fully saturated rings. The third-order valence-electron chi connectivity index (χ3n) is 12.6. The summed E-state index contributed by atoms with van der Waals surface area (Å²) >= 11 is 0. The highest BCUT2D eigenvalue weighted by Crippen LogP contribution is 2.33. The van der Waals surface area contributed by atoms with Crippen molar-refractivity contribution in [2.24, 2.45) is 5.92 Å². The van der Waals surface area contributed by atoms with E-state index in [0.29, 0.717) is 19.6 Å². The molecule has 0 aromatic rings. The number of aliphatic hydroxyl groups excluding tert-OH is 1. The maximum Gasteiger partial charge on any atom is 0.306 e. The van der Waals surface area contributed by atoms with Gasteiger partial charge in [0.05, 0.1) is 5.60 Å². The van der Waals surface area contributed by atoms with Gasteiger partial charge in [0.25, 0.3) is 0 Å². The number of hydrogen-bond donors (Lipinski definition) is 2. The number of hydrogen-bond acceptors (Lipinski definition) is 4. The summed E-state index contributed by atoms with van der Waals surface area (Å²) in [7, 11) is 0. The molecule has 1 aliphatic rings. The molecular formula is C53H96O4. The topological polar surface area (TPSA) is 66.8 Å². The zero-order chi connectivity index (χ0) is 41.7. The molecule has 0 aromatic heterocycles. The summed E-state index contributed by atoms with van der Waals surface area (Å²) < 4.78 is 5.78. The van der Waals surface area contributed by atoms with Crippen LogP contribution in [0.5, 0.6) is 0 Å². The van der Waals surface area contributed by atoms with Gasteiger partial charge in [-0.1, -0.05) is 189 Å². The van der Waals surface area contributed by atoms with Gasteiger partial charge in [-0.15, -0.1) is 0 Å². The standard InChI is InChI=1S/C53H96O4/c1-47(2)34-33-44-53(5,56)51-42-40-48(3)35-31-37-50(38-32-36-49(4)41-43-51)46-57-52(55)39-29-27-25-23-21-19-17-15-13-11-9-7-6-8-10-12-14-16-18-20-22-24-26-28-30-45-54/h34-35,38,41,51,54,56H,6-33,36-37,39-40,42-46H2,1-5H3. The molecule has 0 bridgehead atoms. The monoisotopic (exact) mass is 797 g/mol. The number of carbonyl (C=O) groups excluding carboxylic acids is 1. The summed E-state index contributed by atoms with van der Waals surface area (Å²) in [5, 5.41) is 20.3. The Bertz CT molecular complexity index is 1070. The number of allylic oxidation sites excluding steroid dienone is 7. The highest BCUT2D eigenvalue weighted by Gasteiger charge is 2.30. The zero-order valence-corrected chi connectivity index (χ0v) is 38.8. The van der Waals surface area contributed by atoms with Gasteiger partial charge in [-0.2, -0.15) is 0 Å². The Morgan fingerprint density at radius 1 is 0.649 bits per heavy atom. The summed E-state index contributed by atoms with van der Waals surface area (Å²) in [5.41, 5.74) is 4.68. The molecule has 2 N–H and O–H groups in total. The molecule has 0 aromatic carbocycles. The fourth-order valence-electron chi connectivity index (χ4n) is 8.42. The lowest BCUT2D eigenvalue weighted by molar-refractivity contribution is -0.142. The van der Waals surface area contributed by atoms with Crippen molar-refractivity contribution in [3.05, 3.63) is 46.6 Å². The minimum atomic E-state index is -0.668. The van der Waals surface area contributed by atoms with Crippen molar-refractivity contribution in [1.82, 2.24) is 0 Å². The Labute approximate surface area is 355 Å². The van der Waals surface area contributed by atoms with Crippen LogP contribution in [0.15, 0.2) is 46.6 Å². The summed E-state index contributed by atoms with van der Waals surface area (Å²) in [5.74, 6) is 0.213. The number of unbranched alkanes of at least 4 members (excludes halogenated alkanes) is 24. The zero-order valence-electron chi connectivity index (χ0n) is 38.8. The predicted octanol–water partition coefficient (Wildman–Crippen LogP) is 16.3. The van der Waals surface area contributed by atoms with Crippen LogP contribution in [0.25, 0.3) is 0 Å². The van der Waals surface area contributed by atoms with Crippen LogP contribution >= 0.6 is 0 Å². The van der Waals surface area contributed by atoms with E-state index in [0.717, 1.165) is 77.0 Å². The highest BCUT2D eigenvalue weighted by molar-refractivity contribution is 5.69. The van der Waals surface area contributed by atoms with Crippen molar-refractivity contribution in [2.45, 2.75) is 265 Å². The normalized spacial score (nSPS) is 16.9. The second kappa shape index (κ2) is 37.4. The number of rotatable bonds is 33. The predicted molar refractivity (Wildman–Crippen MR) is 249 cm³/mol. The summed E-state index contributed by atoms with van der Waals surface area (Å²) in [6.45, 7) is 11.5. The van der Waals surface area contributed by atoms with Gasteiger partial charge >= 0.3 is 5.97 Å². The summed E-state index contributed by atoms with van der Waals surface area (Å²) in [6.07, 6.45) is 51.8. The minimum absolute atomic E-state index is 0.0417. The summed E-state index contributed by atoms with van der Waals surface area (Å²) in [4.78, 5) is 12.6. The molecule has 0 heterocycles. The molecule has 0 saturated heterocycles. The number of esters is 1. The molecule has 2 unspecified atom stereocenters. The molecule has 0 spiro atoms. The van der Waals surface area contributed by atoms with Crippen LogP contribution in [-0.2, 0) is 9.53 Å². The average molecular weight is 797 g/mol. The average Bonchev–Trinajstić information content (AvgIpc) is 3.17.